The first kappa shape index (κ1) is 8.34. The third-order valence-electron chi connectivity index (χ3n) is 3.52. The lowest BCUT2D eigenvalue weighted by atomic mass is 9.75. The van der Waals surface area contributed by atoms with E-state index in [4.69, 9.17) is 0 Å². The molecule has 2 bridgehead atoms. The minimum absolute atomic E-state index is 0.431. The van der Waals surface area contributed by atoms with E-state index >= 15 is 0 Å². The fraction of sp³-hybridized carbons (Fsp3) is 0.833. The van der Waals surface area contributed by atoms with Gasteiger partial charge in [0.2, 0.25) is 0 Å². The largest absolute Gasteiger partial charge is 0.0842 e. The number of rotatable bonds is 0. The van der Waals surface area contributed by atoms with E-state index < -0.39 is 0 Å². The Morgan fingerprint density at radius 2 is 2.00 bits per heavy atom. The molecule has 68 valence electrons. The van der Waals surface area contributed by atoms with Gasteiger partial charge >= 0.3 is 0 Å². The molecular weight excluding hydrogens is 144 g/mol. The monoisotopic (exact) mass is 164 g/mol. The SMILES string of the molecule is CC(C)(C)C1=CCC2CCC1C2. The van der Waals surface area contributed by atoms with E-state index in [1.807, 2.05) is 0 Å². The maximum Gasteiger partial charge on any atom is -0.0170 e. The Labute approximate surface area is 76.1 Å². The number of fused-ring (bicyclic) bond motifs is 2. The number of hydrogen-bond donors (Lipinski definition) is 0. The van der Waals surface area contributed by atoms with Gasteiger partial charge in [-0.3, -0.25) is 0 Å². The van der Waals surface area contributed by atoms with Gasteiger partial charge in [0, 0.05) is 0 Å². The predicted molar refractivity (Wildman–Crippen MR) is 53.0 cm³/mol. The molecule has 0 saturated heterocycles. The lowest BCUT2D eigenvalue weighted by Crippen LogP contribution is -2.18. The molecule has 0 amide bonds. The van der Waals surface area contributed by atoms with Crippen LogP contribution in [-0.2, 0) is 0 Å². The van der Waals surface area contributed by atoms with Crippen molar-refractivity contribution in [3.63, 3.8) is 0 Å². The van der Waals surface area contributed by atoms with Gasteiger partial charge in [-0.1, -0.05) is 32.4 Å². The Hall–Kier alpha value is -0.260. The van der Waals surface area contributed by atoms with Crippen LogP contribution >= 0.6 is 0 Å². The van der Waals surface area contributed by atoms with Crippen molar-refractivity contribution in [2.24, 2.45) is 17.3 Å². The van der Waals surface area contributed by atoms with Gasteiger partial charge in [0.15, 0.2) is 0 Å². The molecule has 0 radical (unpaired) electrons. The Morgan fingerprint density at radius 1 is 1.25 bits per heavy atom. The van der Waals surface area contributed by atoms with Gasteiger partial charge in [0.05, 0.1) is 0 Å². The summed E-state index contributed by atoms with van der Waals surface area (Å²) in [5.74, 6) is 1.99. The molecule has 2 aliphatic rings. The van der Waals surface area contributed by atoms with Crippen LogP contribution in [0.2, 0.25) is 0 Å². The number of hydrogen-bond acceptors (Lipinski definition) is 0. The molecule has 0 aliphatic heterocycles. The van der Waals surface area contributed by atoms with E-state index in [0.29, 0.717) is 5.41 Å². The highest BCUT2D eigenvalue weighted by Gasteiger charge is 2.34. The van der Waals surface area contributed by atoms with Crippen LogP contribution in [0.15, 0.2) is 11.6 Å². The summed E-state index contributed by atoms with van der Waals surface area (Å²) in [6, 6.07) is 0. The summed E-state index contributed by atoms with van der Waals surface area (Å²) in [6.07, 6.45) is 8.34. The lowest BCUT2D eigenvalue weighted by molar-refractivity contribution is 0.393. The summed E-state index contributed by atoms with van der Waals surface area (Å²) in [5, 5.41) is 0. The molecule has 0 aromatic carbocycles. The highest BCUT2D eigenvalue weighted by atomic mass is 14.4. The van der Waals surface area contributed by atoms with Gasteiger partial charge in [-0.2, -0.15) is 0 Å². The Bertz CT molecular complexity index is 205. The Balaban J connectivity index is 2.21. The molecular formula is C12H20. The summed E-state index contributed by atoms with van der Waals surface area (Å²) < 4.78 is 0. The maximum absolute atomic E-state index is 2.53. The summed E-state index contributed by atoms with van der Waals surface area (Å²) in [5.41, 5.74) is 2.18. The topological polar surface area (TPSA) is 0 Å². The van der Waals surface area contributed by atoms with Crippen molar-refractivity contribution in [1.82, 2.24) is 0 Å². The van der Waals surface area contributed by atoms with Crippen LogP contribution in [0.1, 0.15) is 46.5 Å². The van der Waals surface area contributed by atoms with Crippen molar-refractivity contribution >= 4 is 0 Å². The van der Waals surface area contributed by atoms with Crippen molar-refractivity contribution in [2.75, 3.05) is 0 Å². The molecule has 0 aromatic heterocycles. The Morgan fingerprint density at radius 3 is 2.67 bits per heavy atom. The van der Waals surface area contributed by atoms with E-state index in [1.165, 1.54) is 25.7 Å². The first-order valence-electron chi connectivity index (χ1n) is 5.28. The molecule has 0 N–H and O–H groups in total. The molecule has 1 saturated carbocycles. The van der Waals surface area contributed by atoms with E-state index in [2.05, 4.69) is 26.8 Å². The van der Waals surface area contributed by atoms with E-state index in [9.17, 15) is 0 Å². The quantitative estimate of drug-likeness (QED) is 0.478. The van der Waals surface area contributed by atoms with Crippen LogP contribution in [0.4, 0.5) is 0 Å². The molecule has 0 heteroatoms. The van der Waals surface area contributed by atoms with Crippen molar-refractivity contribution in [3.05, 3.63) is 11.6 Å². The van der Waals surface area contributed by atoms with Crippen molar-refractivity contribution < 1.29 is 0 Å². The van der Waals surface area contributed by atoms with E-state index in [1.54, 1.807) is 5.57 Å². The predicted octanol–water partition coefficient (Wildman–Crippen LogP) is 3.78. The van der Waals surface area contributed by atoms with E-state index in [-0.39, 0.29) is 0 Å². The lowest BCUT2D eigenvalue weighted by Gasteiger charge is -2.31. The van der Waals surface area contributed by atoms with Gasteiger partial charge in [-0.05, 0) is 42.9 Å². The highest BCUT2D eigenvalue weighted by molar-refractivity contribution is 5.20. The molecule has 12 heavy (non-hydrogen) atoms. The molecule has 2 rings (SSSR count). The molecule has 0 aromatic rings. The zero-order valence-electron chi connectivity index (χ0n) is 8.56. The van der Waals surface area contributed by atoms with Crippen molar-refractivity contribution in [2.45, 2.75) is 46.5 Å². The molecule has 0 nitrogen and oxygen atoms in total. The standard InChI is InChI=1S/C12H20/c1-12(2,3)11-7-5-9-4-6-10(11)8-9/h7,9-10H,4-6,8H2,1-3H3. The fourth-order valence-corrected chi connectivity index (χ4v) is 2.95. The zero-order chi connectivity index (χ0) is 8.77. The third-order valence-corrected chi connectivity index (χ3v) is 3.52. The molecule has 0 heterocycles. The third kappa shape index (κ3) is 1.32. The second-order valence-corrected chi connectivity index (χ2v) is 5.52. The summed E-state index contributed by atoms with van der Waals surface area (Å²) >= 11 is 0. The highest BCUT2D eigenvalue weighted by Crippen LogP contribution is 2.47. The van der Waals surface area contributed by atoms with Crippen molar-refractivity contribution in [3.8, 4) is 0 Å². The normalized spacial score (nSPS) is 35.1. The first-order valence-corrected chi connectivity index (χ1v) is 5.28. The van der Waals surface area contributed by atoms with E-state index in [0.717, 1.165) is 11.8 Å². The summed E-state index contributed by atoms with van der Waals surface area (Å²) in [6.45, 7) is 7.08. The minimum atomic E-state index is 0.431. The Kier molecular flexibility index (Phi) is 1.82. The second kappa shape index (κ2) is 2.61. The van der Waals surface area contributed by atoms with Crippen molar-refractivity contribution in [1.29, 1.82) is 0 Å². The minimum Gasteiger partial charge on any atom is -0.0842 e. The molecule has 2 unspecified atom stereocenters. The molecule has 1 fully saturated rings. The summed E-state index contributed by atoms with van der Waals surface area (Å²) in [7, 11) is 0. The molecule has 2 aliphatic carbocycles. The maximum atomic E-state index is 2.53. The van der Waals surface area contributed by atoms with Crippen LogP contribution in [0.3, 0.4) is 0 Å². The average Bonchev–Trinajstić information content (AvgIpc) is 2.30. The van der Waals surface area contributed by atoms with Crippen LogP contribution in [0.25, 0.3) is 0 Å². The van der Waals surface area contributed by atoms with Gasteiger partial charge < -0.3 is 0 Å². The van der Waals surface area contributed by atoms with Gasteiger partial charge in [0.1, 0.15) is 0 Å². The van der Waals surface area contributed by atoms with Crippen LogP contribution in [0, 0.1) is 17.3 Å². The van der Waals surface area contributed by atoms with Gasteiger partial charge in [0.25, 0.3) is 0 Å². The smallest absolute Gasteiger partial charge is 0.0170 e. The molecule has 0 spiro atoms. The summed E-state index contributed by atoms with van der Waals surface area (Å²) in [4.78, 5) is 0. The van der Waals surface area contributed by atoms with Crippen LogP contribution in [-0.4, -0.2) is 0 Å². The zero-order valence-corrected chi connectivity index (χ0v) is 8.56. The first-order chi connectivity index (χ1) is 5.57. The molecule has 2 atom stereocenters. The van der Waals surface area contributed by atoms with Crippen LogP contribution in [0.5, 0.6) is 0 Å². The fourth-order valence-electron chi connectivity index (χ4n) is 2.95. The van der Waals surface area contributed by atoms with Gasteiger partial charge in [-0.25, -0.2) is 0 Å². The van der Waals surface area contributed by atoms with Crippen LogP contribution < -0.4 is 0 Å². The van der Waals surface area contributed by atoms with Gasteiger partial charge in [-0.15, -0.1) is 0 Å². The second-order valence-electron chi connectivity index (χ2n) is 5.52. The number of allylic oxidation sites excluding steroid dienone is 2. The average molecular weight is 164 g/mol.